The number of aromatic nitrogens is 2. The molecule has 0 unspecified atom stereocenters. The summed E-state index contributed by atoms with van der Waals surface area (Å²) in [5.74, 6) is 0.651. The third-order valence-electron chi connectivity index (χ3n) is 3.18. The highest BCUT2D eigenvalue weighted by molar-refractivity contribution is 6.34. The molecule has 1 aliphatic heterocycles. The first-order valence-corrected chi connectivity index (χ1v) is 7.02. The summed E-state index contributed by atoms with van der Waals surface area (Å²) in [7, 11) is 2.11. The lowest BCUT2D eigenvalue weighted by atomic mass is 10.2. The van der Waals surface area contributed by atoms with Crippen molar-refractivity contribution in [2.45, 2.75) is 19.8 Å². The van der Waals surface area contributed by atoms with Crippen molar-refractivity contribution in [1.29, 1.82) is 0 Å². The van der Waals surface area contributed by atoms with Crippen molar-refractivity contribution in [3.05, 3.63) is 15.9 Å². The third-order valence-corrected chi connectivity index (χ3v) is 3.81. The topological polar surface area (TPSA) is 32.3 Å². The molecule has 0 atom stereocenters. The van der Waals surface area contributed by atoms with Crippen LogP contribution in [-0.4, -0.2) is 48.1 Å². The van der Waals surface area contributed by atoms with Crippen LogP contribution >= 0.6 is 23.2 Å². The van der Waals surface area contributed by atoms with E-state index in [9.17, 15) is 0 Å². The Morgan fingerprint density at radius 2 is 1.61 bits per heavy atom. The standard InChI is InChI=1S/C12H18Cl2N4/c1-3-4-9-10(13)15-12(16-11(9)14)18-7-5-17(2)6-8-18/h3-8H2,1-2H3. The molecule has 0 amide bonds. The molecule has 0 radical (unpaired) electrons. The van der Waals surface area contributed by atoms with Gasteiger partial charge < -0.3 is 9.80 Å². The van der Waals surface area contributed by atoms with Crippen molar-refractivity contribution in [1.82, 2.24) is 14.9 Å². The lowest BCUT2D eigenvalue weighted by Gasteiger charge is -2.32. The van der Waals surface area contributed by atoms with Gasteiger partial charge in [-0.2, -0.15) is 0 Å². The van der Waals surface area contributed by atoms with Gasteiger partial charge in [-0.1, -0.05) is 36.5 Å². The minimum Gasteiger partial charge on any atom is -0.338 e. The average molecular weight is 289 g/mol. The molecule has 0 saturated carbocycles. The molecule has 0 N–H and O–H groups in total. The first-order chi connectivity index (χ1) is 8.61. The average Bonchev–Trinajstić information content (AvgIpc) is 2.34. The van der Waals surface area contributed by atoms with Gasteiger partial charge in [0, 0.05) is 31.7 Å². The monoisotopic (exact) mass is 288 g/mol. The Bertz CT molecular complexity index is 394. The van der Waals surface area contributed by atoms with Crippen LogP contribution in [0.15, 0.2) is 0 Å². The summed E-state index contributed by atoms with van der Waals surface area (Å²) < 4.78 is 0. The molecule has 1 aromatic heterocycles. The largest absolute Gasteiger partial charge is 0.338 e. The van der Waals surface area contributed by atoms with Gasteiger partial charge in [0.2, 0.25) is 5.95 Å². The number of likely N-dealkylation sites (N-methyl/N-ethyl adjacent to an activating group) is 1. The zero-order chi connectivity index (χ0) is 13.1. The van der Waals surface area contributed by atoms with Gasteiger partial charge >= 0.3 is 0 Å². The zero-order valence-corrected chi connectivity index (χ0v) is 12.3. The molecule has 0 bridgehead atoms. The lowest BCUT2D eigenvalue weighted by molar-refractivity contribution is 0.311. The van der Waals surface area contributed by atoms with Crippen LogP contribution in [0.4, 0.5) is 5.95 Å². The fourth-order valence-electron chi connectivity index (χ4n) is 2.02. The van der Waals surface area contributed by atoms with Crippen LogP contribution in [-0.2, 0) is 6.42 Å². The van der Waals surface area contributed by atoms with Gasteiger partial charge in [0.25, 0.3) is 0 Å². The summed E-state index contributed by atoms with van der Waals surface area (Å²) in [5, 5.41) is 0.983. The Labute approximate surface area is 118 Å². The van der Waals surface area contributed by atoms with Crippen molar-refractivity contribution < 1.29 is 0 Å². The molecule has 6 heteroatoms. The highest BCUT2D eigenvalue weighted by Gasteiger charge is 2.19. The molecule has 100 valence electrons. The maximum atomic E-state index is 6.19. The predicted octanol–water partition coefficient (Wildman–Crippen LogP) is 2.49. The van der Waals surface area contributed by atoms with E-state index in [1.807, 2.05) is 0 Å². The quantitative estimate of drug-likeness (QED) is 0.800. The van der Waals surface area contributed by atoms with E-state index in [2.05, 4.69) is 33.7 Å². The number of piperazine rings is 1. The van der Waals surface area contributed by atoms with Crippen molar-refractivity contribution in [3.8, 4) is 0 Å². The Balaban J connectivity index is 2.19. The van der Waals surface area contributed by atoms with Gasteiger partial charge in [-0.25, -0.2) is 9.97 Å². The van der Waals surface area contributed by atoms with E-state index in [0.29, 0.717) is 16.3 Å². The SMILES string of the molecule is CCCc1c(Cl)nc(N2CCN(C)CC2)nc1Cl. The normalized spacial score (nSPS) is 17.2. The lowest BCUT2D eigenvalue weighted by Crippen LogP contribution is -2.45. The molecule has 2 heterocycles. The molecule has 1 aromatic rings. The molecule has 1 fully saturated rings. The van der Waals surface area contributed by atoms with Gasteiger partial charge in [0.15, 0.2) is 0 Å². The number of anilines is 1. The van der Waals surface area contributed by atoms with Crippen LogP contribution in [0.3, 0.4) is 0 Å². The molecule has 4 nitrogen and oxygen atoms in total. The number of hydrogen-bond acceptors (Lipinski definition) is 4. The second-order valence-corrected chi connectivity index (χ2v) is 5.34. The first kappa shape index (κ1) is 13.8. The summed E-state index contributed by atoms with van der Waals surface area (Å²) in [6, 6.07) is 0. The van der Waals surface area contributed by atoms with Gasteiger partial charge in [-0.05, 0) is 13.5 Å². The van der Waals surface area contributed by atoms with Crippen LogP contribution < -0.4 is 4.90 Å². The Hall–Kier alpha value is -0.580. The minimum atomic E-state index is 0.491. The van der Waals surface area contributed by atoms with Crippen molar-refractivity contribution in [2.75, 3.05) is 38.1 Å². The van der Waals surface area contributed by atoms with Crippen LogP contribution in [0, 0.1) is 0 Å². The van der Waals surface area contributed by atoms with Gasteiger partial charge in [-0.3, -0.25) is 0 Å². The van der Waals surface area contributed by atoms with Crippen LogP contribution in [0.25, 0.3) is 0 Å². The molecule has 18 heavy (non-hydrogen) atoms. The molecule has 0 spiro atoms. The summed E-state index contributed by atoms with van der Waals surface area (Å²) in [4.78, 5) is 13.2. The second kappa shape index (κ2) is 6.04. The maximum absolute atomic E-state index is 6.19. The molecule has 2 rings (SSSR count). The molecule has 1 aliphatic rings. The van der Waals surface area contributed by atoms with E-state index in [1.54, 1.807) is 0 Å². The van der Waals surface area contributed by atoms with Crippen LogP contribution in [0.1, 0.15) is 18.9 Å². The molecule has 0 aromatic carbocycles. The molecular weight excluding hydrogens is 271 g/mol. The number of nitrogens with zero attached hydrogens (tertiary/aromatic N) is 4. The number of rotatable bonds is 3. The van der Waals surface area contributed by atoms with Crippen LogP contribution in [0.5, 0.6) is 0 Å². The van der Waals surface area contributed by atoms with Gasteiger partial charge in [0.1, 0.15) is 10.3 Å². The number of hydrogen-bond donors (Lipinski definition) is 0. The highest BCUT2D eigenvalue weighted by Crippen LogP contribution is 2.25. The Morgan fingerprint density at radius 1 is 1.06 bits per heavy atom. The van der Waals surface area contributed by atoms with Crippen LogP contribution in [0.2, 0.25) is 10.3 Å². The molecule has 1 saturated heterocycles. The smallest absolute Gasteiger partial charge is 0.228 e. The van der Waals surface area contributed by atoms with E-state index >= 15 is 0 Å². The predicted molar refractivity (Wildman–Crippen MR) is 75.8 cm³/mol. The Morgan fingerprint density at radius 3 is 2.11 bits per heavy atom. The zero-order valence-electron chi connectivity index (χ0n) is 10.8. The van der Waals surface area contributed by atoms with E-state index < -0.39 is 0 Å². The summed E-state index contributed by atoms with van der Waals surface area (Å²) in [6.45, 7) is 5.93. The number of halogens is 2. The third kappa shape index (κ3) is 3.05. The van der Waals surface area contributed by atoms with E-state index in [4.69, 9.17) is 23.2 Å². The van der Waals surface area contributed by atoms with Crippen molar-refractivity contribution in [2.24, 2.45) is 0 Å². The van der Waals surface area contributed by atoms with Gasteiger partial charge in [-0.15, -0.1) is 0 Å². The first-order valence-electron chi connectivity index (χ1n) is 6.27. The fraction of sp³-hybridized carbons (Fsp3) is 0.667. The summed E-state index contributed by atoms with van der Waals surface area (Å²) in [6.07, 6.45) is 1.80. The minimum absolute atomic E-state index is 0.491. The summed E-state index contributed by atoms with van der Waals surface area (Å²) >= 11 is 12.4. The maximum Gasteiger partial charge on any atom is 0.228 e. The van der Waals surface area contributed by atoms with E-state index in [1.165, 1.54) is 0 Å². The molecule has 0 aliphatic carbocycles. The fourth-order valence-corrected chi connectivity index (χ4v) is 2.59. The summed E-state index contributed by atoms with van der Waals surface area (Å²) in [5.41, 5.74) is 0.860. The molecular formula is C12H18Cl2N4. The van der Waals surface area contributed by atoms with Crippen molar-refractivity contribution in [3.63, 3.8) is 0 Å². The second-order valence-electron chi connectivity index (χ2n) is 4.62. The van der Waals surface area contributed by atoms with Crippen molar-refractivity contribution >= 4 is 29.2 Å². The van der Waals surface area contributed by atoms with E-state index in [-0.39, 0.29) is 0 Å². The van der Waals surface area contributed by atoms with Gasteiger partial charge in [0.05, 0.1) is 0 Å². The Kier molecular flexibility index (Phi) is 4.65. The highest BCUT2D eigenvalue weighted by atomic mass is 35.5. The van der Waals surface area contributed by atoms with E-state index in [0.717, 1.165) is 44.6 Å².